The lowest BCUT2D eigenvalue weighted by Gasteiger charge is -2.22. The molecule has 0 nitrogen and oxygen atoms in total. The Morgan fingerprint density at radius 3 is 1.55 bits per heavy atom. The average Bonchev–Trinajstić information content (AvgIpc) is 1.88. The Balaban J connectivity index is 4.28. The lowest BCUT2D eigenvalue weighted by Crippen LogP contribution is -2.11. The molecule has 0 fully saturated rings. The zero-order valence-electron chi connectivity index (χ0n) is 8.81. The molecule has 0 aromatic rings. The van der Waals surface area contributed by atoms with Crippen molar-refractivity contribution >= 4 is 0 Å². The minimum absolute atomic E-state index is 0.706. The fourth-order valence-electron chi connectivity index (χ4n) is 1.51. The van der Waals surface area contributed by atoms with E-state index in [1.165, 1.54) is 0 Å². The first-order chi connectivity index (χ1) is 5.00. The fraction of sp³-hybridized carbons (Fsp3) is 0.818. The minimum Gasteiger partial charge on any atom is -0.0879 e. The molecule has 0 bridgehead atoms. The van der Waals surface area contributed by atoms with E-state index in [9.17, 15) is 0 Å². The first-order valence-corrected chi connectivity index (χ1v) is 4.66. The molecule has 0 N–H and O–H groups in total. The number of allylic oxidation sites excluding steroid dienone is 2. The summed E-state index contributed by atoms with van der Waals surface area (Å²) < 4.78 is 0. The quantitative estimate of drug-likeness (QED) is 0.541. The van der Waals surface area contributed by atoms with Gasteiger partial charge in [0.1, 0.15) is 0 Å². The standard InChI is InChI=1S/C11H22/c1-7-11(9(4)5)10(6)8(2)3/h7-10H,1-6H3/b11-7-/t10-/m0/s1. The molecular weight excluding hydrogens is 132 g/mol. The van der Waals surface area contributed by atoms with Crippen molar-refractivity contribution in [1.29, 1.82) is 0 Å². The van der Waals surface area contributed by atoms with Gasteiger partial charge in [-0.1, -0.05) is 46.3 Å². The number of hydrogen-bond donors (Lipinski definition) is 0. The highest BCUT2D eigenvalue weighted by molar-refractivity contribution is 5.07. The molecule has 0 spiro atoms. The molecule has 0 aliphatic carbocycles. The van der Waals surface area contributed by atoms with E-state index >= 15 is 0 Å². The predicted octanol–water partition coefficient (Wildman–Crippen LogP) is 3.88. The molecule has 0 aliphatic heterocycles. The third-order valence-corrected chi connectivity index (χ3v) is 2.53. The first kappa shape index (κ1) is 10.7. The molecule has 0 saturated heterocycles. The normalized spacial score (nSPS) is 16.2. The summed E-state index contributed by atoms with van der Waals surface area (Å²) in [5, 5.41) is 0. The fourth-order valence-corrected chi connectivity index (χ4v) is 1.51. The van der Waals surface area contributed by atoms with Gasteiger partial charge in [0.25, 0.3) is 0 Å². The van der Waals surface area contributed by atoms with E-state index in [1.54, 1.807) is 5.57 Å². The maximum Gasteiger partial charge on any atom is -0.0206 e. The van der Waals surface area contributed by atoms with Gasteiger partial charge in [-0.2, -0.15) is 0 Å². The van der Waals surface area contributed by atoms with Crippen molar-refractivity contribution in [2.45, 2.75) is 41.5 Å². The van der Waals surface area contributed by atoms with Crippen LogP contribution in [0.2, 0.25) is 0 Å². The molecule has 0 unspecified atom stereocenters. The van der Waals surface area contributed by atoms with Gasteiger partial charge in [0.05, 0.1) is 0 Å². The van der Waals surface area contributed by atoms with Crippen molar-refractivity contribution in [3.63, 3.8) is 0 Å². The van der Waals surface area contributed by atoms with Crippen molar-refractivity contribution < 1.29 is 0 Å². The summed E-state index contributed by atoms with van der Waals surface area (Å²) in [5.41, 5.74) is 1.60. The SMILES string of the molecule is C/C=C(/C(C)C)[C@@H](C)C(C)C. The molecule has 0 amide bonds. The van der Waals surface area contributed by atoms with E-state index in [0.717, 1.165) is 11.8 Å². The van der Waals surface area contributed by atoms with Crippen LogP contribution in [-0.4, -0.2) is 0 Å². The average molecular weight is 154 g/mol. The summed E-state index contributed by atoms with van der Waals surface area (Å²) in [4.78, 5) is 0. The maximum atomic E-state index is 2.32. The number of rotatable bonds is 3. The van der Waals surface area contributed by atoms with Crippen LogP contribution in [0.3, 0.4) is 0 Å². The van der Waals surface area contributed by atoms with Crippen LogP contribution in [-0.2, 0) is 0 Å². The Labute approximate surface area is 71.7 Å². The highest BCUT2D eigenvalue weighted by Gasteiger charge is 2.14. The van der Waals surface area contributed by atoms with Crippen molar-refractivity contribution in [3.8, 4) is 0 Å². The second-order valence-corrected chi connectivity index (χ2v) is 3.98. The molecule has 0 rings (SSSR count). The monoisotopic (exact) mass is 154 g/mol. The molecular formula is C11H22. The Morgan fingerprint density at radius 1 is 1.00 bits per heavy atom. The largest absolute Gasteiger partial charge is 0.0879 e. The molecule has 0 aromatic carbocycles. The maximum absolute atomic E-state index is 2.32. The van der Waals surface area contributed by atoms with E-state index in [0.29, 0.717) is 5.92 Å². The molecule has 0 aromatic heterocycles. The Morgan fingerprint density at radius 2 is 1.45 bits per heavy atom. The van der Waals surface area contributed by atoms with Crippen molar-refractivity contribution in [1.82, 2.24) is 0 Å². The van der Waals surface area contributed by atoms with Crippen LogP contribution in [0.4, 0.5) is 0 Å². The van der Waals surface area contributed by atoms with Gasteiger partial charge in [0.2, 0.25) is 0 Å². The zero-order valence-corrected chi connectivity index (χ0v) is 8.81. The van der Waals surface area contributed by atoms with E-state index in [-0.39, 0.29) is 0 Å². The van der Waals surface area contributed by atoms with Gasteiger partial charge in [-0.25, -0.2) is 0 Å². The van der Waals surface area contributed by atoms with E-state index in [4.69, 9.17) is 0 Å². The molecule has 0 aliphatic rings. The van der Waals surface area contributed by atoms with Crippen molar-refractivity contribution in [2.75, 3.05) is 0 Å². The highest BCUT2D eigenvalue weighted by atomic mass is 14.2. The molecule has 0 radical (unpaired) electrons. The lowest BCUT2D eigenvalue weighted by atomic mass is 9.84. The number of hydrogen-bond acceptors (Lipinski definition) is 0. The zero-order chi connectivity index (χ0) is 9.02. The predicted molar refractivity (Wildman–Crippen MR) is 52.6 cm³/mol. The van der Waals surface area contributed by atoms with Gasteiger partial charge in [-0.3, -0.25) is 0 Å². The Bertz CT molecular complexity index is 129. The third kappa shape index (κ3) is 3.09. The first-order valence-electron chi connectivity index (χ1n) is 4.66. The smallest absolute Gasteiger partial charge is 0.0206 e. The van der Waals surface area contributed by atoms with E-state index in [2.05, 4.69) is 47.6 Å². The van der Waals surface area contributed by atoms with Gasteiger partial charge in [0, 0.05) is 0 Å². The van der Waals surface area contributed by atoms with E-state index in [1.807, 2.05) is 0 Å². The van der Waals surface area contributed by atoms with Crippen molar-refractivity contribution in [3.05, 3.63) is 11.6 Å². The van der Waals surface area contributed by atoms with Crippen LogP contribution in [0, 0.1) is 17.8 Å². The van der Waals surface area contributed by atoms with Gasteiger partial charge < -0.3 is 0 Å². The molecule has 0 heterocycles. The topological polar surface area (TPSA) is 0 Å². The molecule has 1 atom stereocenters. The third-order valence-electron chi connectivity index (χ3n) is 2.53. The molecule has 0 heteroatoms. The van der Waals surface area contributed by atoms with Gasteiger partial charge in [-0.05, 0) is 24.7 Å². The summed E-state index contributed by atoms with van der Waals surface area (Å²) in [7, 11) is 0. The van der Waals surface area contributed by atoms with Gasteiger partial charge >= 0.3 is 0 Å². The highest BCUT2D eigenvalue weighted by Crippen LogP contribution is 2.25. The van der Waals surface area contributed by atoms with Crippen LogP contribution in [0.25, 0.3) is 0 Å². The second kappa shape index (κ2) is 4.58. The van der Waals surface area contributed by atoms with Crippen LogP contribution >= 0.6 is 0 Å². The summed E-state index contributed by atoms with van der Waals surface area (Å²) in [6.45, 7) is 13.6. The van der Waals surface area contributed by atoms with Crippen molar-refractivity contribution in [2.24, 2.45) is 17.8 Å². The molecule has 0 saturated carbocycles. The van der Waals surface area contributed by atoms with Crippen LogP contribution in [0.15, 0.2) is 11.6 Å². The van der Waals surface area contributed by atoms with E-state index < -0.39 is 0 Å². The second-order valence-electron chi connectivity index (χ2n) is 3.98. The van der Waals surface area contributed by atoms with Crippen LogP contribution in [0.5, 0.6) is 0 Å². The molecule has 66 valence electrons. The van der Waals surface area contributed by atoms with Crippen LogP contribution < -0.4 is 0 Å². The molecule has 11 heavy (non-hydrogen) atoms. The summed E-state index contributed by atoms with van der Waals surface area (Å²) in [6, 6.07) is 0. The summed E-state index contributed by atoms with van der Waals surface area (Å²) in [6.07, 6.45) is 2.27. The minimum atomic E-state index is 0.706. The summed E-state index contributed by atoms with van der Waals surface area (Å²) >= 11 is 0. The van der Waals surface area contributed by atoms with Gasteiger partial charge in [-0.15, -0.1) is 0 Å². The van der Waals surface area contributed by atoms with Crippen LogP contribution in [0.1, 0.15) is 41.5 Å². The lowest BCUT2D eigenvalue weighted by molar-refractivity contribution is 0.443. The van der Waals surface area contributed by atoms with Gasteiger partial charge in [0.15, 0.2) is 0 Å². The Hall–Kier alpha value is -0.260. The summed E-state index contributed by atoms with van der Waals surface area (Å²) in [5.74, 6) is 2.21. The Kier molecular flexibility index (Phi) is 4.48.